The lowest BCUT2D eigenvalue weighted by atomic mass is 10.0. The summed E-state index contributed by atoms with van der Waals surface area (Å²) >= 11 is 9.89. The fourth-order valence-corrected chi connectivity index (χ4v) is 2.84. The maximum Gasteiger partial charge on any atom is 0.0528 e. The minimum Gasteiger partial charge on any atom is -0.354 e. The van der Waals surface area contributed by atoms with Gasteiger partial charge >= 0.3 is 0 Å². The van der Waals surface area contributed by atoms with Crippen LogP contribution in [-0.2, 0) is 0 Å². The van der Waals surface area contributed by atoms with Gasteiger partial charge in [-0.25, -0.2) is 0 Å². The molecule has 3 aromatic carbocycles. The van der Waals surface area contributed by atoms with Crippen molar-refractivity contribution in [1.82, 2.24) is 0 Å². The molecule has 0 fully saturated rings. The van der Waals surface area contributed by atoms with E-state index in [4.69, 9.17) is 11.6 Å². The summed E-state index contributed by atoms with van der Waals surface area (Å²) in [6.07, 6.45) is 0. The summed E-state index contributed by atoms with van der Waals surface area (Å²) in [7, 11) is 0. The highest BCUT2D eigenvalue weighted by Gasteiger charge is 2.08. The standard InChI is InChI=1S/C18H13BrClN/c19-15-9-3-6-12-18(15)21-17-11-5-2-8-14(17)13-7-1-4-10-16(13)20/h1-12,21H. The average molecular weight is 359 g/mol. The van der Waals surface area contributed by atoms with E-state index in [0.717, 1.165) is 32.0 Å². The van der Waals surface area contributed by atoms with Crippen molar-refractivity contribution >= 4 is 38.9 Å². The molecule has 0 heterocycles. The van der Waals surface area contributed by atoms with Gasteiger partial charge in [-0.05, 0) is 40.2 Å². The van der Waals surface area contributed by atoms with Crippen LogP contribution in [0.15, 0.2) is 77.3 Å². The number of nitrogens with one attached hydrogen (secondary N) is 1. The zero-order valence-electron chi connectivity index (χ0n) is 11.2. The first-order valence-electron chi connectivity index (χ1n) is 6.61. The van der Waals surface area contributed by atoms with Crippen LogP contribution in [0.25, 0.3) is 11.1 Å². The van der Waals surface area contributed by atoms with E-state index < -0.39 is 0 Å². The number of halogens is 2. The molecule has 1 N–H and O–H groups in total. The summed E-state index contributed by atoms with van der Waals surface area (Å²) in [5, 5.41) is 4.21. The Morgan fingerprint density at radius 3 is 1.95 bits per heavy atom. The van der Waals surface area contributed by atoms with E-state index in [1.165, 1.54) is 0 Å². The molecule has 0 unspecified atom stereocenters. The predicted octanol–water partition coefficient (Wildman–Crippen LogP) is 6.51. The molecule has 0 atom stereocenters. The van der Waals surface area contributed by atoms with Crippen molar-refractivity contribution in [2.45, 2.75) is 0 Å². The number of para-hydroxylation sites is 2. The number of rotatable bonds is 3. The van der Waals surface area contributed by atoms with E-state index in [2.05, 4.69) is 33.4 Å². The Morgan fingerprint density at radius 2 is 1.24 bits per heavy atom. The molecule has 21 heavy (non-hydrogen) atoms. The molecule has 0 saturated carbocycles. The topological polar surface area (TPSA) is 12.0 Å². The average Bonchev–Trinajstić information content (AvgIpc) is 2.51. The van der Waals surface area contributed by atoms with Crippen molar-refractivity contribution in [3.63, 3.8) is 0 Å². The Balaban J connectivity index is 2.05. The second-order valence-electron chi connectivity index (χ2n) is 4.63. The lowest BCUT2D eigenvalue weighted by Gasteiger charge is -2.14. The Kier molecular flexibility index (Phi) is 4.28. The second-order valence-corrected chi connectivity index (χ2v) is 5.89. The highest BCUT2D eigenvalue weighted by atomic mass is 79.9. The van der Waals surface area contributed by atoms with Crippen LogP contribution in [0.4, 0.5) is 11.4 Å². The first-order valence-corrected chi connectivity index (χ1v) is 7.78. The molecule has 0 amide bonds. The molecule has 3 aromatic rings. The van der Waals surface area contributed by atoms with Crippen LogP contribution in [-0.4, -0.2) is 0 Å². The van der Waals surface area contributed by atoms with Gasteiger partial charge in [0.25, 0.3) is 0 Å². The van der Waals surface area contributed by atoms with Gasteiger partial charge in [-0.15, -0.1) is 0 Å². The fourth-order valence-electron chi connectivity index (χ4n) is 2.21. The zero-order chi connectivity index (χ0) is 14.7. The minimum absolute atomic E-state index is 0.749. The van der Waals surface area contributed by atoms with E-state index >= 15 is 0 Å². The molecule has 1 nitrogen and oxygen atoms in total. The van der Waals surface area contributed by atoms with Gasteiger partial charge in [0.05, 0.1) is 5.69 Å². The normalized spacial score (nSPS) is 10.4. The monoisotopic (exact) mass is 357 g/mol. The van der Waals surface area contributed by atoms with E-state index in [1.807, 2.05) is 60.7 Å². The largest absolute Gasteiger partial charge is 0.354 e. The van der Waals surface area contributed by atoms with Gasteiger partial charge in [0, 0.05) is 26.3 Å². The van der Waals surface area contributed by atoms with Crippen molar-refractivity contribution in [3.8, 4) is 11.1 Å². The molecule has 0 saturated heterocycles. The van der Waals surface area contributed by atoms with Gasteiger partial charge in [0.15, 0.2) is 0 Å². The van der Waals surface area contributed by atoms with Crippen LogP contribution in [0.3, 0.4) is 0 Å². The van der Waals surface area contributed by atoms with Crippen LogP contribution in [0.2, 0.25) is 5.02 Å². The van der Waals surface area contributed by atoms with Crippen LogP contribution >= 0.6 is 27.5 Å². The highest BCUT2D eigenvalue weighted by Crippen LogP contribution is 2.35. The maximum absolute atomic E-state index is 6.33. The molecular formula is C18H13BrClN. The molecule has 3 rings (SSSR count). The molecule has 104 valence electrons. The van der Waals surface area contributed by atoms with Crippen LogP contribution in [0.5, 0.6) is 0 Å². The summed E-state index contributed by atoms with van der Waals surface area (Å²) in [5.74, 6) is 0. The van der Waals surface area contributed by atoms with Crippen molar-refractivity contribution in [1.29, 1.82) is 0 Å². The molecular weight excluding hydrogens is 346 g/mol. The summed E-state index contributed by atoms with van der Waals surface area (Å²) in [5.41, 5.74) is 4.16. The number of benzene rings is 3. The maximum atomic E-state index is 6.33. The zero-order valence-corrected chi connectivity index (χ0v) is 13.5. The molecule has 0 aliphatic carbocycles. The van der Waals surface area contributed by atoms with Crippen LogP contribution in [0, 0.1) is 0 Å². The van der Waals surface area contributed by atoms with E-state index in [0.29, 0.717) is 0 Å². The van der Waals surface area contributed by atoms with Gasteiger partial charge in [0.1, 0.15) is 0 Å². The molecule has 0 aliphatic rings. The Morgan fingerprint density at radius 1 is 0.667 bits per heavy atom. The van der Waals surface area contributed by atoms with Gasteiger partial charge in [-0.2, -0.15) is 0 Å². The summed E-state index contributed by atoms with van der Waals surface area (Å²) < 4.78 is 1.03. The van der Waals surface area contributed by atoms with Crippen LogP contribution < -0.4 is 5.32 Å². The van der Waals surface area contributed by atoms with Crippen molar-refractivity contribution in [3.05, 3.63) is 82.3 Å². The highest BCUT2D eigenvalue weighted by molar-refractivity contribution is 9.10. The number of hydrogen-bond acceptors (Lipinski definition) is 1. The van der Waals surface area contributed by atoms with Gasteiger partial charge < -0.3 is 5.32 Å². The Bertz CT molecular complexity index is 770. The third-order valence-electron chi connectivity index (χ3n) is 3.23. The summed E-state index contributed by atoms with van der Waals surface area (Å²) in [6.45, 7) is 0. The molecule has 3 heteroatoms. The quantitative estimate of drug-likeness (QED) is 0.562. The molecule has 0 aliphatic heterocycles. The van der Waals surface area contributed by atoms with Crippen molar-refractivity contribution in [2.24, 2.45) is 0 Å². The lowest BCUT2D eigenvalue weighted by molar-refractivity contribution is 1.51. The first kappa shape index (κ1) is 14.2. The Hall–Kier alpha value is -1.77. The summed E-state index contributed by atoms with van der Waals surface area (Å²) in [6, 6.07) is 24.1. The van der Waals surface area contributed by atoms with Gasteiger partial charge in [-0.3, -0.25) is 0 Å². The van der Waals surface area contributed by atoms with Gasteiger partial charge in [-0.1, -0.05) is 60.1 Å². The molecule has 0 spiro atoms. The molecule has 0 radical (unpaired) electrons. The molecule has 0 aromatic heterocycles. The van der Waals surface area contributed by atoms with Crippen molar-refractivity contribution < 1.29 is 0 Å². The van der Waals surface area contributed by atoms with Crippen LogP contribution in [0.1, 0.15) is 0 Å². The predicted molar refractivity (Wildman–Crippen MR) is 94.3 cm³/mol. The SMILES string of the molecule is Clc1ccccc1-c1ccccc1Nc1ccccc1Br. The lowest BCUT2D eigenvalue weighted by Crippen LogP contribution is -1.94. The van der Waals surface area contributed by atoms with Crippen molar-refractivity contribution in [2.75, 3.05) is 5.32 Å². The van der Waals surface area contributed by atoms with E-state index in [9.17, 15) is 0 Å². The third kappa shape index (κ3) is 3.12. The third-order valence-corrected chi connectivity index (χ3v) is 4.26. The van der Waals surface area contributed by atoms with E-state index in [-0.39, 0.29) is 0 Å². The Labute approximate surface area is 137 Å². The summed E-state index contributed by atoms with van der Waals surface area (Å²) in [4.78, 5) is 0. The molecule has 0 bridgehead atoms. The number of anilines is 2. The van der Waals surface area contributed by atoms with E-state index in [1.54, 1.807) is 0 Å². The smallest absolute Gasteiger partial charge is 0.0528 e. The number of hydrogen-bond donors (Lipinski definition) is 1. The minimum atomic E-state index is 0.749. The first-order chi connectivity index (χ1) is 10.3. The fraction of sp³-hybridized carbons (Fsp3) is 0. The second kappa shape index (κ2) is 6.33. The van der Waals surface area contributed by atoms with Gasteiger partial charge in [0.2, 0.25) is 0 Å².